The van der Waals surface area contributed by atoms with E-state index in [1.54, 1.807) is 6.07 Å². The van der Waals surface area contributed by atoms with Crippen molar-refractivity contribution in [3.8, 4) is 0 Å². The Balaban J connectivity index is 2.17. The van der Waals surface area contributed by atoms with Crippen molar-refractivity contribution in [2.45, 2.75) is 32.8 Å². The van der Waals surface area contributed by atoms with Crippen molar-refractivity contribution in [2.75, 3.05) is 5.32 Å². The van der Waals surface area contributed by atoms with Gasteiger partial charge in [-0.3, -0.25) is 15.4 Å². The molecule has 0 saturated carbocycles. The minimum Gasteiger partial charge on any atom is -0.444 e. The Morgan fingerprint density at radius 2 is 1.88 bits per heavy atom. The van der Waals surface area contributed by atoms with Crippen molar-refractivity contribution >= 4 is 33.4 Å². The quantitative estimate of drug-likeness (QED) is 0.543. The molecule has 1 N–H and O–H groups in total. The zero-order chi connectivity index (χ0) is 18.6. The number of carbonyl (C=O) groups excluding carboxylic acids is 1. The van der Waals surface area contributed by atoms with Gasteiger partial charge in [0.1, 0.15) is 6.61 Å². The third-order valence-corrected chi connectivity index (χ3v) is 4.20. The number of nitrogens with zero attached hydrogens (tertiary/aromatic N) is 1. The van der Waals surface area contributed by atoms with Crippen LogP contribution in [0.2, 0.25) is 0 Å². The second-order valence-corrected chi connectivity index (χ2v) is 7.40. The Hall–Kier alpha value is -2.41. The second-order valence-electron chi connectivity index (χ2n) is 6.54. The van der Waals surface area contributed by atoms with E-state index in [1.807, 2.05) is 51.1 Å². The number of hydrogen-bond donors (Lipinski definition) is 1. The number of nitro groups is 1. The van der Waals surface area contributed by atoms with Crippen LogP contribution in [0.25, 0.3) is 0 Å². The van der Waals surface area contributed by atoms with Crippen LogP contribution in [0, 0.1) is 10.1 Å². The summed E-state index contributed by atoms with van der Waals surface area (Å²) in [6.07, 6.45) is -0.678. The maximum atomic E-state index is 12.0. The molecule has 0 aromatic heterocycles. The molecule has 0 fully saturated rings. The van der Waals surface area contributed by atoms with Gasteiger partial charge in [0.25, 0.3) is 5.69 Å². The lowest BCUT2D eigenvalue weighted by Crippen LogP contribution is -2.17. The summed E-state index contributed by atoms with van der Waals surface area (Å²) in [5, 5.41) is 13.9. The number of nitro benzene ring substituents is 1. The molecule has 2 aromatic rings. The first-order valence-electron chi connectivity index (χ1n) is 7.64. The molecule has 132 valence electrons. The van der Waals surface area contributed by atoms with Gasteiger partial charge in [-0.2, -0.15) is 0 Å². The highest BCUT2D eigenvalue weighted by Crippen LogP contribution is 2.37. The lowest BCUT2D eigenvalue weighted by Gasteiger charge is -2.20. The molecule has 0 atom stereocenters. The summed E-state index contributed by atoms with van der Waals surface area (Å²) in [4.78, 5) is 22.9. The number of ether oxygens (including phenoxy) is 1. The highest BCUT2D eigenvalue weighted by atomic mass is 79.9. The van der Waals surface area contributed by atoms with Gasteiger partial charge in [0.05, 0.1) is 10.6 Å². The summed E-state index contributed by atoms with van der Waals surface area (Å²) in [6, 6.07) is 12.2. The molecule has 2 aromatic carbocycles. The fraction of sp³-hybridized carbons (Fsp3) is 0.278. The van der Waals surface area contributed by atoms with Crippen molar-refractivity contribution in [1.29, 1.82) is 0 Å². The molecule has 0 bridgehead atoms. The summed E-state index contributed by atoms with van der Waals surface area (Å²) < 4.78 is 5.70. The summed E-state index contributed by atoms with van der Waals surface area (Å²) >= 11 is 3.35. The van der Waals surface area contributed by atoms with Crippen LogP contribution in [0.4, 0.5) is 16.2 Å². The molecule has 0 aliphatic rings. The topological polar surface area (TPSA) is 81.5 Å². The van der Waals surface area contributed by atoms with E-state index in [2.05, 4.69) is 21.2 Å². The third-order valence-electron chi connectivity index (χ3n) is 3.54. The molecule has 0 spiro atoms. The average Bonchev–Trinajstić information content (AvgIpc) is 2.54. The molecule has 1 amide bonds. The highest BCUT2D eigenvalue weighted by Gasteiger charge is 2.27. The molecule has 0 aliphatic heterocycles. The maximum Gasteiger partial charge on any atom is 0.411 e. The largest absolute Gasteiger partial charge is 0.444 e. The monoisotopic (exact) mass is 406 g/mol. The minimum absolute atomic E-state index is 0.0472. The molecular weight excluding hydrogens is 388 g/mol. The Bertz CT molecular complexity index is 786. The zero-order valence-corrected chi connectivity index (χ0v) is 15.8. The molecule has 0 unspecified atom stereocenters. The first-order valence-corrected chi connectivity index (χ1v) is 8.44. The number of rotatable bonds is 4. The normalized spacial score (nSPS) is 11.0. The number of nitrogens with one attached hydrogen (secondary N) is 1. The number of hydrogen-bond acceptors (Lipinski definition) is 4. The van der Waals surface area contributed by atoms with E-state index in [4.69, 9.17) is 4.74 Å². The van der Waals surface area contributed by atoms with Gasteiger partial charge in [0.15, 0.2) is 0 Å². The smallest absolute Gasteiger partial charge is 0.411 e. The van der Waals surface area contributed by atoms with Crippen LogP contribution >= 0.6 is 15.9 Å². The zero-order valence-electron chi connectivity index (χ0n) is 14.2. The van der Waals surface area contributed by atoms with E-state index in [0.29, 0.717) is 10.0 Å². The van der Waals surface area contributed by atoms with E-state index in [9.17, 15) is 14.9 Å². The van der Waals surface area contributed by atoms with Crippen molar-refractivity contribution in [1.82, 2.24) is 0 Å². The van der Waals surface area contributed by atoms with Crippen LogP contribution in [0.3, 0.4) is 0 Å². The molecule has 6 nitrogen and oxygen atoms in total. The lowest BCUT2D eigenvalue weighted by molar-refractivity contribution is -0.385. The van der Waals surface area contributed by atoms with Gasteiger partial charge in [-0.15, -0.1) is 0 Å². The molecular formula is C18H19BrN2O4. The molecule has 0 heterocycles. The fourth-order valence-electron chi connectivity index (χ4n) is 2.28. The number of benzene rings is 2. The Morgan fingerprint density at radius 1 is 1.24 bits per heavy atom. The van der Waals surface area contributed by atoms with E-state index < -0.39 is 16.4 Å². The SMILES string of the molecule is CC(C)(C)c1cc(Br)c(NC(=O)OCc2ccccc2)cc1[N+](=O)[O-]. The lowest BCUT2D eigenvalue weighted by atomic mass is 9.85. The highest BCUT2D eigenvalue weighted by molar-refractivity contribution is 9.10. The van der Waals surface area contributed by atoms with Crippen LogP contribution in [0.5, 0.6) is 0 Å². The fourth-order valence-corrected chi connectivity index (χ4v) is 2.72. The summed E-state index contributed by atoms with van der Waals surface area (Å²) in [5.74, 6) is 0. The van der Waals surface area contributed by atoms with Gasteiger partial charge in [-0.25, -0.2) is 4.79 Å². The van der Waals surface area contributed by atoms with Crippen LogP contribution in [-0.4, -0.2) is 11.0 Å². The van der Waals surface area contributed by atoms with E-state index in [0.717, 1.165) is 5.56 Å². The Morgan fingerprint density at radius 3 is 2.44 bits per heavy atom. The van der Waals surface area contributed by atoms with Gasteiger partial charge >= 0.3 is 6.09 Å². The maximum absolute atomic E-state index is 12.0. The number of carbonyl (C=O) groups is 1. The molecule has 7 heteroatoms. The van der Waals surface area contributed by atoms with Crippen molar-refractivity contribution < 1.29 is 14.5 Å². The number of amides is 1. The van der Waals surface area contributed by atoms with Gasteiger partial charge < -0.3 is 4.74 Å². The first kappa shape index (κ1) is 18.9. The van der Waals surface area contributed by atoms with E-state index >= 15 is 0 Å². The van der Waals surface area contributed by atoms with Crippen LogP contribution in [0.1, 0.15) is 31.9 Å². The Labute approximate surface area is 154 Å². The number of halogens is 1. The molecule has 2 rings (SSSR count). The summed E-state index contributed by atoms with van der Waals surface area (Å²) in [6.45, 7) is 5.79. The van der Waals surface area contributed by atoms with Crippen molar-refractivity contribution in [3.63, 3.8) is 0 Å². The summed E-state index contributed by atoms with van der Waals surface area (Å²) in [5.41, 5.74) is 1.27. The van der Waals surface area contributed by atoms with Gasteiger partial charge in [-0.1, -0.05) is 51.1 Å². The third kappa shape index (κ3) is 5.03. The van der Waals surface area contributed by atoms with Gasteiger partial charge in [-0.05, 0) is 33.0 Å². The van der Waals surface area contributed by atoms with E-state index in [-0.39, 0.29) is 18.0 Å². The first-order chi connectivity index (χ1) is 11.7. The van der Waals surface area contributed by atoms with Crippen LogP contribution < -0.4 is 5.32 Å². The molecule has 0 aliphatic carbocycles. The van der Waals surface area contributed by atoms with Crippen molar-refractivity contribution in [3.05, 3.63) is 68.2 Å². The second kappa shape index (κ2) is 7.65. The Kier molecular flexibility index (Phi) is 5.79. The van der Waals surface area contributed by atoms with E-state index in [1.165, 1.54) is 6.07 Å². The minimum atomic E-state index is -0.678. The predicted molar refractivity (Wildman–Crippen MR) is 99.7 cm³/mol. The number of anilines is 1. The standard InChI is InChI=1S/C18H19BrN2O4/c1-18(2,3)13-9-14(19)15(10-16(13)21(23)24)20-17(22)25-11-12-7-5-4-6-8-12/h4-10H,11H2,1-3H3,(H,20,22). The molecule has 0 saturated heterocycles. The van der Waals surface area contributed by atoms with Crippen molar-refractivity contribution in [2.24, 2.45) is 0 Å². The average molecular weight is 407 g/mol. The molecule has 25 heavy (non-hydrogen) atoms. The predicted octanol–water partition coefficient (Wildman–Crippen LogP) is 5.40. The van der Waals surface area contributed by atoms with Gasteiger partial charge in [0.2, 0.25) is 0 Å². The van der Waals surface area contributed by atoms with Crippen LogP contribution in [0.15, 0.2) is 46.9 Å². The summed E-state index contributed by atoms with van der Waals surface area (Å²) in [7, 11) is 0. The van der Waals surface area contributed by atoms with Crippen LogP contribution in [-0.2, 0) is 16.8 Å². The molecule has 0 radical (unpaired) electrons. The van der Waals surface area contributed by atoms with Gasteiger partial charge in [0, 0.05) is 16.1 Å².